The molecule has 0 aliphatic rings. The first-order chi connectivity index (χ1) is 15.7. The van der Waals surface area contributed by atoms with Gasteiger partial charge in [-0.3, -0.25) is 10.1 Å². The van der Waals surface area contributed by atoms with E-state index in [0.29, 0.717) is 5.56 Å². The predicted molar refractivity (Wildman–Crippen MR) is 120 cm³/mol. The van der Waals surface area contributed by atoms with E-state index in [-0.39, 0.29) is 29.3 Å². The molecule has 0 saturated heterocycles. The molecule has 1 unspecified atom stereocenters. The minimum atomic E-state index is -3.95. The Morgan fingerprint density at radius 2 is 1.67 bits per heavy atom. The van der Waals surface area contributed by atoms with Gasteiger partial charge in [0.05, 0.1) is 12.7 Å². The third-order valence-corrected chi connectivity index (χ3v) is 6.82. The lowest BCUT2D eigenvalue weighted by molar-refractivity contribution is -0.129. The van der Waals surface area contributed by atoms with Gasteiger partial charge in [-0.2, -0.15) is 4.31 Å². The van der Waals surface area contributed by atoms with E-state index in [1.165, 1.54) is 30.6 Å². The molecule has 0 bridgehead atoms. The van der Waals surface area contributed by atoms with Gasteiger partial charge < -0.3 is 14.8 Å². The van der Waals surface area contributed by atoms with Crippen molar-refractivity contribution in [2.24, 2.45) is 0 Å². The molecular formula is C22H27N3O7S. The van der Waals surface area contributed by atoms with E-state index < -0.39 is 34.0 Å². The van der Waals surface area contributed by atoms with Crippen LogP contribution in [0.1, 0.15) is 35.9 Å². The third-order valence-electron chi connectivity index (χ3n) is 4.75. The van der Waals surface area contributed by atoms with Gasteiger partial charge in [-0.05, 0) is 18.2 Å². The second-order valence-corrected chi connectivity index (χ2v) is 8.63. The largest absolute Gasteiger partial charge is 0.495 e. The second kappa shape index (κ2) is 11.4. The highest BCUT2D eigenvalue weighted by molar-refractivity contribution is 7.89. The number of hydrogen-bond donors (Lipinski definition) is 2. The number of benzene rings is 2. The number of methoxy groups -OCH3 is 1. The number of hydrogen-bond acceptors (Lipinski definition) is 7. The van der Waals surface area contributed by atoms with E-state index in [2.05, 4.69) is 10.6 Å². The first-order valence-corrected chi connectivity index (χ1v) is 11.6. The maximum atomic E-state index is 13.0. The number of sulfonamides is 1. The van der Waals surface area contributed by atoms with Crippen LogP contribution in [0, 0.1) is 0 Å². The van der Waals surface area contributed by atoms with E-state index >= 15 is 0 Å². The van der Waals surface area contributed by atoms with Crippen LogP contribution in [0.5, 0.6) is 5.75 Å². The molecule has 1 atom stereocenters. The van der Waals surface area contributed by atoms with Gasteiger partial charge in [0.25, 0.3) is 5.91 Å². The Morgan fingerprint density at radius 3 is 2.21 bits per heavy atom. The number of carbonyl (C=O) groups excluding carboxylic acids is 3. The van der Waals surface area contributed by atoms with Crippen LogP contribution < -0.4 is 15.4 Å². The molecular weight excluding hydrogens is 450 g/mol. The highest BCUT2D eigenvalue weighted by Crippen LogP contribution is 2.29. The Balaban J connectivity index is 2.44. The average molecular weight is 478 g/mol. The van der Waals surface area contributed by atoms with E-state index in [9.17, 15) is 22.8 Å². The molecule has 2 aromatic rings. The number of urea groups is 1. The highest BCUT2D eigenvalue weighted by atomic mass is 32.2. The van der Waals surface area contributed by atoms with Crippen LogP contribution in [0.15, 0.2) is 53.4 Å². The molecule has 10 nitrogen and oxygen atoms in total. The topological polar surface area (TPSA) is 131 Å². The van der Waals surface area contributed by atoms with E-state index in [4.69, 9.17) is 9.47 Å². The molecule has 178 valence electrons. The maximum Gasteiger partial charge on any atom is 0.339 e. The van der Waals surface area contributed by atoms with Crippen molar-refractivity contribution >= 4 is 27.9 Å². The van der Waals surface area contributed by atoms with Gasteiger partial charge in [0.15, 0.2) is 0 Å². The Hall–Kier alpha value is -3.44. The number of nitrogens with zero attached hydrogens (tertiary/aromatic N) is 1. The van der Waals surface area contributed by atoms with Gasteiger partial charge in [-0.25, -0.2) is 18.0 Å². The maximum absolute atomic E-state index is 13.0. The molecule has 0 heterocycles. The number of rotatable bonds is 9. The zero-order valence-electron chi connectivity index (χ0n) is 18.8. The number of carbonyl (C=O) groups is 3. The van der Waals surface area contributed by atoms with E-state index in [0.717, 1.165) is 6.07 Å². The summed E-state index contributed by atoms with van der Waals surface area (Å²) in [6, 6.07) is 11.2. The summed E-state index contributed by atoms with van der Waals surface area (Å²) in [6.07, 6.45) is -1.44. The minimum Gasteiger partial charge on any atom is -0.495 e. The van der Waals surface area contributed by atoms with Crippen molar-refractivity contribution in [2.75, 3.05) is 27.2 Å². The van der Waals surface area contributed by atoms with Gasteiger partial charge in [0, 0.05) is 25.7 Å². The fraction of sp³-hybridized carbons (Fsp3) is 0.318. The van der Waals surface area contributed by atoms with E-state index in [1.807, 2.05) is 0 Å². The van der Waals surface area contributed by atoms with Crippen molar-refractivity contribution < 1.29 is 32.3 Å². The zero-order valence-corrected chi connectivity index (χ0v) is 19.6. The Kier molecular flexibility index (Phi) is 8.94. The number of ether oxygens (including phenoxy) is 2. The molecule has 33 heavy (non-hydrogen) atoms. The Bertz CT molecular complexity index is 1100. The molecule has 0 radical (unpaired) electrons. The molecule has 0 spiro atoms. The smallest absolute Gasteiger partial charge is 0.339 e. The van der Waals surface area contributed by atoms with Crippen LogP contribution in [-0.4, -0.2) is 57.9 Å². The van der Waals surface area contributed by atoms with Crippen molar-refractivity contribution in [3.05, 3.63) is 59.7 Å². The SMILES string of the molecule is CCN(CC)S(=O)(=O)c1cc(C(=O)OC(C(=O)NC(=O)NC)c2ccccc2)ccc1OC. The van der Waals surface area contributed by atoms with Crippen LogP contribution in [0.2, 0.25) is 0 Å². The van der Waals surface area contributed by atoms with Crippen LogP contribution in [-0.2, 0) is 19.6 Å². The summed E-state index contributed by atoms with van der Waals surface area (Å²) in [7, 11) is -1.29. The lowest BCUT2D eigenvalue weighted by atomic mass is 10.1. The highest BCUT2D eigenvalue weighted by Gasteiger charge is 2.30. The molecule has 11 heteroatoms. The zero-order chi connectivity index (χ0) is 24.6. The van der Waals surface area contributed by atoms with Gasteiger partial charge in [0.1, 0.15) is 10.6 Å². The van der Waals surface area contributed by atoms with Gasteiger partial charge >= 0.3 is 12.0 Å². The second-order valence-electron chi connectivity index (χ2n) is 6.72. The molecule has 0 fully saturated rings. The summed E-state index contributed by atoms with van der Waals surface area (Å²) in [5.74, 6) is -1.75. The lowest BCUT2D eigenvalue weighted by Crippen LogP contribution is -2.41. The van der Waals surface area contributed by atoms with Gasteiger partial charge in [-0.15, -0.1) is 0 Å². The van der Waals surface area contributed by atoms with Crippen LogP contribution in [0.25, 0.3) is 0 Å². The summed E-state index contributed by atoms with van der Waals surface area (Å²) < 4.78 is 37.9. The monoisotopic (exact) mass is 477 g/mol. The molecule has 0 aromatic heterocycles. The van der Waals surface area contributed by atoms with Crippen LogP contribution >= 0.6 is 0 Å². The first-order valence-electron chi connectivity index (χ1n) is 10.2. The van der Waals surface area contributed by atoms with Crippen LogP contribution in [0.3, 0.4) is 0 Å². The summed E-state index contributed by atoms with van der Waals surface area (Å²) in [6.45, 7) is 3.85. The Labute approximate surface area is 192 Å². The summed E-state index contributed by atoms with van der Waals surface area (Å²) >= 11 is 0. The average Bonchev–Trinajstić information content (AvgIpc) is 2.82. The summed E-state index contributed by atoms with van der Waals surface area (Å²) in [4.78, 5) is 36.9. The summed E-state index contributed by atoms with van der Waals surface area (Å²) in [5, 5.41) is 4.33. The molecule has 0 saturated carbocycles. The quantitative estimate of drug-likeness (QED) is 0.529. The molecule has 2 N–H and O–H groups in total. The first kappa shape index (κ1) is 25.8. The molecule has 2 aromatic carbocycles. The van der Waals surface area contributed by atoms with Crippen molar-refractivity contribution in [3.8, 4) is 5.75 Å². The molecule has 0 aliphatic carbocycles. The number of amides is 3. The molecule has 0 aliphatic heterocycles. The van der Waals surface area contributed by atoms with Crippen molar-refractivity contribution in [3.63, 3.8) is 0 Å². The van der Waals surface area contributed by atoms with Crippen molar-refractivity contribution in [2.45, 2.75) is 24.8 Å². The number of imide groups is 1. The Morgan fingerprint density at radius 1 is 1.03 bits per heavy atom. The van der Waals surface area contributed by atoms with Crippen LogP contribution in [0.4, 0.5) is 4.79 Å². The standard InChI is InChI=1S/C22H27N3O7S/c1-5-25(6-2)33(29,30)18-14-16(12-13-17(18)31-4)21(27)32-19(15-10-8-7-9-11-15)20(26)24-22(28)23-3/h7-14,19H,5-6H2,1-4H3,(H2,23,24,26,28). The number of esters is 1. The van der Waals surface area contributed by atoms with Crippen molar-refractivity contribution in [1.29, 1.82) is 0 Å². The molecule has 2 rings (SSSR count). The predicted octanol–water partition coefficient (Wildman–Crippen LogP) is 2.08. The van der Waals surface area contributed by atoms with Crippen molar-refractivity contribution in [1.82, 2.24) is 14.9 Å². The minimum absolute atomic E-state index is 0.0652. The third kappa shape index (κ3) is 6.08. The summed E-state index contributed by atoms with van der Waals surface area (Å²) in [5.41, 5.74) is 0.229. The number of nitrogens with one attached hydrogen (secondary N) is 2. The normalized spacial score (nSPS) is 12.0. The van der Waals surface area contributed by atoms with Gasteiger partial charge in [0.2, 0.25) is 16.1 Å². The fourth-order valence-electron chi connectivity index (χ4n) is 3.02. The lowest BCUT2D eigenvalue weighted by Gasteiger charge is -2.21. The molecule has 3 amide bonds. The van der Waals surface area contributed by atoms with E-state index in [1.54, 1.807) is 44.2 Å². The fourth-order valence-corrected chi connectivity index (χ4v) is 4.66. The van der Waals surface area contributed by atoms with Gasteiger partial charge in [-0.1, -0.05) is 44.2 Å².